The van der Waals surface area contributed by atoms with Crippen LogP contribution in [0, 0.1) is 5.92 Å². The number of carbonyl (C=O) groups is 2. The van der Waals surface area contributed by atoms with E-state index in [2.05, 4.69) is 35.5 Å². The van der Waals surface area contributed by atoms with Gasteiger partial charge in [-0.05, 0) is 50.1 Å². The van der Waals surface area contributed by atoms with Crippen LogP contribution >= 0.6 is 11.3 Å². The molecule has 0 radical (unpaired) electrons. The van der Waals surface area contributed by atoms with Gasteiger partial charge in [0.2, 0.25) is 5.91 Å². The van der Waals surface area contributed by atoms with Crippen molar-refractivity contribution in [2.75, 3.05) is 5.32 Å². The molecule has 11 heteroatoms. The maximum absolute atomic E-state index is 12.4. The third kappa shape index (κ3) is 4.16. The molecule has 6 heterocycles. The average Bonchev–Trinajstić information content (AvgIpc) is 3.65. The number of fused-ring (bicyclic) bond motifs is 2. The first-order valence-electron chi connectivity index (χ1n) is 12.6. The molecule has 0 aromatic carbocycles. The summed E-state index contributed by atoms with van der Waals surface area (Å²) in [6.45, 7) is 1.56. The number of pyridine rings is 3. The van der Waals surface area contributed by atoms with Crippen molar-refractivity contribution in [3.63, 3.8) is 0 Å². The fourth-order valence-electron chi connectivity index (χ4n) is 4.71. The topological polar surface area (TPSA) is 142 Å². The summed E-state index contributed by atoms with van der Waals surface area (Å²) in [6, 6.07) is 9.47. The number of hydrogen-bond donors (Lipinski definition) is 3. The van der Waals surface area contributed by atoms with Crippen molar-refractivity contribution in [3.8, 4) is 33.2 Å². The van der Waals surface area contributed by atoms with Crippen molar-refractivity contribution in [3.05, 3.63) is 60.0 Å². The molecule has 7 rings (SSSR count). The van der Waals surface area contributed by atoms with E-state index in [9.17, 15) is 9.59 Å². The number of imidazole rings is 1. The first kappa shape index (κ1) is 23.4. The summed E-state index contributed by atoms with van der Waals surface area (Å²) in [4.78, 5) is 47.4. The number of thiophene rings is 1. The molecule has 0 aliphatic heterocycles. The fraction of sp³-hybridized carbons (Fsp3) is 0.179. The molecule has 39 heavy (non-hydrogen) atoms. The van der Waals surface area contributed by atoms with Gasteiger partial charge in [-0.15, -0.1) is 11.3 Å². The zero-order chi connectivity index (χ0) is 26.5. The number of rotatable bonds is 6. The SMILES string of the molecule is CC(=O)c1ccc(-c2nccc3[nH]c(-c4[nH]nc5ncc(-c6cncc(NC(=O)C7CCC7)c6)cc45)nc23)s1. The average molecular weight is 535 g/mol. The standard InChI is InChI=1S/C28H22N8O2S/c1-14(37)21-5-6-22(39-21)25-24-20(7-8-30-25)33-27(34-24)23-19-10-17(12-31-26(19)36-35-23)16-9-18(13-29-11-16)32-28(38)15-3-2-4-15/h5-13,15H,2-4H2,1H3,(H,32,38)(H,33,34)(H,31,35,36). The molecule has 0 atom stereocenters. The van der Waals surface area contributed by atoms with E-state index in [0.717, 1.165) is 46.2 Å². The summed E-state index contributed by atoms with van der Waals surface area (Å²) < 4.78 is 0. The maximum atomic E-state index is 12.4. The quantitative estimate of drug-likeness (QED) is 0.235. The largest absolute Gasteiger partial charge is 0.337 e. The highest BCUT2D eigenvalue weighted by Gasteiger charge is 2.25. The van der Waals surface area contributed by atoms with Gasteiger partial charge in [0.15, 0.2) is 17.3 Å². The molecule has 1 amide bonds. The number of nitrogens with zero attached hydrogens (tertiary/aromatic N) is 5. The maximum Gasteiger partial charge on any atom is 0.227 e. The molecule has 1 fully saturated rings. The first-order valence-corrected chi connectivity index (χ1v) is 13.4. The van der Waals surface area contributed by atoms with Gasteiger partial charge in [0.1, 0.15) is 16.9 Å². The molecule has 1 saturated carbocycles. The molecular weight excluding hydrogens is 512 g/mol. The van der Waals surface area contributed by atoms with Gasteiger partial charge in [0.05, 0.1) is 32.5 Å². The molecule has 6 aromatic heterocycles. The molecule has 0 bridgehead atoms. The number of carbonyl (C=O) groups excluding carboxylic acids is 2. The highest BCUT2D eigenvalue weighted by molar-refractivity contribution is 7.17. The van der Waals surface area contributed by atoms with Gasteiger partial charge in [-0.1, -0.05) is 6.42 Å². The summed E-state index contributed by atoms with van der Waals surface area (Å²) in [7, 11) is 0. The second kappa shape index (κ2) is 9.21. The second-order valence-electron chi connectivity index (χ2n) is 9.63. The molecule has 10 nitrogen and oxygen atoms in total. The molecule has 1 aliphatic rings. The van der Waals surface area contributed by atoms with Crippen molar-refractivity contribution >= 4 is 50.8 Å². The lowest BCUT2D eigenvalue weighted by Gasteiger charge is -2.24. The summed E-state index contributed by atoms with van der Waals surface area (Å²) in [5.41, 5.74) is 5.81. The van der Waals surface area contributed by atoms with Crippen LogP contribution in [-0.2, 0) is 4.79 Å². The Bertz CT molecular complexity index is 1900. The lowest BCUT2D eigenvalue weighted by atomic mass is 9.85. The Morgan fingerprint density at radius 1 is 1.05 bits per heavy atom. The summed E-state index contributed by atoms with van der Waals surface area (Å²) in [6.07, 6.45) is 9.85. The van der Waals surface area contributed by atoms with Gasteiger partial charge >= 0.3 is 0 Å². The van der Waals surface area contributed by atoms with E-state index in [1.54, 1.807) is 31.7 Å². The van der Waals surface area contributed by atoms with Crippen LogP contribution in [0.25, 0.3) is 55.3 Å². The highest BCUT2D eigenvalue weighted by atomic mass is 32.1. The fourth-order valence-corrected chi connectivity index (χ4v) is 5.61. The summed E-state index contributed by atoms with van der Waals surface area (Å²) in [5.74, 6) is 0.763. The lowest BCUT2D eigenvalue weighted by Crippen LogP contribution is -2.28. The second-order valence-corrected chi connectivity index (χ2v) is 10.7. The summed E-state index contributed by atoms with van der Waals surface area (Å²) >= 11 is 1.40. The molecular formula is C28H22N8O2S. The normalized spacial score (nSPS) is 13.6. The third-order valence-corrected chi connectivity index (χ3v) is 8.24. The van der Waals surface area contributed by atoms with Crippen LogP contribution in [0.15, 0.2) is 55.1 Å². The van der Waals surface area contributed by atoms with Crippen LogP contribution in [-0.4, -0.2) is 46.8 Å². The molecule has 0 spiro atoms. The zero-order valence-corrected chi connectivity index (χ0v) is 21.7. The van der Waals surface area contributed by atoms with Gasteiger partial charge < -0.3 is 10.3 Å². The van der Waals surface area contributed by atoms with Crippen LogP contribution in [0.1, 0.15) is 35.9 Å². The van der Waals surface area contributed by atoms with Crippen LogP contribution in [0.2, 0.25) is 0 Å². The molecule has 6 aromatic rings. The Morgan fingerprint density at radius 2 is 1.92 bits per heavy atom. The van der Waals surface area contributed by atoms with Gasteiger partial charge in [0.25, 0.3) is 0 Å². The van der Waals surface area contributed by atoms with Crippen molar-refractivity contribution in [1.82, 2.24) is 35.1 Å². The Hall–Kier alpha value is -4.77. The van der Waals surface area contributed by atoms with E-state index in [-0.39, 0.29) is 17.6 Å². The van der Waals surface area contributed by atoms with Crippen molar-refractivity contribution in [2.24, 2.45) is 5.92 Å². The van der Waals surface area contributed by atoms with Crippen molar-refractivity contribution < 1.29 is 9.59 Å². The minimum Gasteiger partial charge on any atom is -0.337 e. The van der Waals surface area contributed by atoms with Gasteiger partial charge in [-0.25, -0.2) is 9.97 Å². The molecule has 192 valence electrons. The number of Topliss-reactive ketones (excluding diaryl/α,β-unsaturated/α-hetero) is 1. The van der Waals surface area contributed by atoms with E-state index in [1.165, 1.54) is 11.3 Å². The van der Waals surface area contributed by atoms with Crippen LogP contribution < -0.4 is 5.32 Å². The Morgan fingerprint density at radius 3 is 2.72 bits per heavy atom. The number of anilines is 1. The number of nitrogens with one attached hydrogen (secondary N) is 3. The van der Waals surface area contributed by atoms with Gasteiger partial charge in [-0.3, -0.25) is 24.7 Å². The van der Waals surface area contributed by atoms with Crippen LogP contribution in [0.4, 0.5) is 5.69 Å². The third-order valence-electron chi connectivity index (χ3n) is 7.05. The zero-order valence-electron chi connectivity index (χ0n) is 20.9. The van der Waals surface area contributed by atoms with E-state index >= 15 is 0 Å². The minimum absolute atomic E-state index is 0.0230. The highest BCUT2D eigenvalue weighted by Crippen LogP contribution is 2.34. The molecule has 0 saturated heterocycles. The van der Waals surface area contributed by atoms with Crippen molar-refractivity contribution in [1.29, 1.82) is 0 Å². The Labute approximate surface area is 226 Å². The Kier molecular flexibility index (Phi) is 5.51. The molecule has 1 aliphatic carbocycles. The van der Waals surface area contributed by atoms with E-state index < -0.39 is 0 Å². The van der Waals surface area contributed by atoms with Crippen molar-refractivity contribution in [2.45, 2.75) is 26.2 Å². The van der Waals surface area contributed by atoms with Gasteiger partial charge in [0, 0.05) is 35.6 Å². The van der Waals surface area contributed by atoms with E-state index in [0.29, 0.717) is 38.9 Å². The number of aromatic nitrogens is 7. The minimum atomic E-state index is 0.0230. The molecule has 0 unspecified atom stereocenters. The lowest BCUT2D eigenvalue weighted by molar-refractivity contribution is -0.122. The summed E-state index contributed by atoms with van der Waals surface area (Å²) in [5, 5.41) is 11.2. The number of hydrogen-bond acceptors (Lipinski definition) is 8. The van der Waals surface area contributed by atoms with Gasteiger partial charge in [-0.2, -0.15) is 5.10 Å². The van der Waals surface area contributed by atoms with Crippen LogP contribution in [0.3, 0.4) is 0 Å². The number of H-pyrrole nitrogens is 2. The number of amides is 1. The number of ketones is 1. The first-order chi connectivity index (χ1) is 19.0. The smallest absolute Gasteiger partial charge is 0.227 e. The Balaban J connectivity index is 1.25. The van der Waals surface area contributed by atoms with E-state index in [4.69, 9.17) is 4.98 Å². The van der Waals surface area contributed by atoms with Crippen LogP contribution in [0.5, 0.6) is 0 Å². The monoisotopic (exact) mass is 534 g/mol. The van der Waals surface area contributed by atoms with E-state index in [1.807, 2.05) is 30.3 Å². The predicted molar refractivity (Wildman–Crippen MR) is 149 cm³/mol. The predicted octanol–water partition coefficient (Wildman–Crippen LogP) is 5.63. The molecule has 3 N–H and O–H groups in total. The number of aromatic amines is 2.